The van der Waals surface area contributed by atoms with E-state index < -0.39 is 12.0 Å². The number of carboxylic acids is 1. The van der Waals surface area contributed by atoms with Gasteiger partial charge in [-0.15, -0.1) is 6.58 Å². The molecule has 2 N–H and O–H groups in total. The van der Waals surface area contributed by atoms with Gasteiger partial charge in [0.25, 0.3) is 0 Å². The number of hydrogen-bond acceptors (Lipinski definition) is 2. The number of benzene rings is 1. The molecule has 0 saturated heterocycles. The fourth-order valence-corrected chi connectivity index (χ4v) is 2.40. The summed E-state index contributed by atoms with van der Waals surface area (Å²) >= 11 is 0. The molecule has 0 bridgehead atoms. The van der Waals surface area contributed by atoms with Crippen molar-refractivity contribution in [2.45, 2.75) is 37.6 Å². The first-order valence-electron chi connectivity index (χ1n) is 7.29. The molecule has 112 valence electrons. The molecule has 1 aromatic rings. The lowest BCUT2D eigenvalue weighted by Gasteiger charge is -2.17. The molecule has 1 aromatic carbocycles. The summed E-state index contributed by atoms with van der Waals surface area (Å²) in [7, 11) is 0. The first-order valence-corrected chi connectivity index (χ1v) is 7.29. The van der Waals surface area contributed by atoms with Gasteiger partial charge in [-0.05, 0) is 17.9 Å². The van der Waals surface area contributed by atoms with Crippen LogP contribution in [0, 0.1) is 5.92 Å². The average Bonchev–Trinajstić information content (AvgIpc) is 3.29. The number of amides is 1. The van der Waals surface area contributed by atoms with Crippen LogP contribution in [0.1, 0.15) is 37.2 Å². The highest BCUT2D eigenvalue weighted by Gasteiger charge is 2.30. The molecule has 0 spiro atoms. The fraction of sp³-hybridized carbons (Fsp3) is 0.412. The van der Waals surface area contributed by atoms with Gasteiger partial charge in [0.1, 0.15) is 6.04 Å². The summed E-state index contributed by atoms with van der Waals surface area (Å²) in [6.45, 7) is 3.77. The van der Waals surface area contributed by atoms with Crippen molar-refractivity contribution in [3.8, 4) is 0 Å². The van der Waals surface area contributed by atoms with Crippen molar-refractivity contribution in [1.29, 1.82) is 0 Å². The van der Waals surface area contributed by atoms with Gasteiger partial charge in [-0.1, -0.05) is 49.2 Å². The Bertz CT molecular complexity index is 508. The van der Waals surface area contributed by atoms with Crippen molar-refractivity contribution in [2.24, 2.45) is 5.92 Å². The zero-order valence-electron chi connectivity index (χ0n) is 12.0. The standard InChI is InChI=1S/C17H21NO3/c1-2-13(14-6-4-3-5-7-14)11-16(19)18-15(17(20)21)10-12-8-9-12/h2-7,12-13,15H,1,8-11H2,(H,18,19)(H,20,21). The Hall–Kier alpha value is -2.10. The number of carbonyl (C=O) groups is 2. The molecule has 0 aromatic heterocycles. The Morgan fingerprint density at radius 1 is 1.33 bits per heavy atom. The third-order valence-corrected chi connectivity index (χ3v) is 3.82. The Balaban J connectivity index is 1.92. The van der Waals surface area contributed by atoms with Gasteiger partial charge < -0.3 is 10.4 Å². The highest BCUT2D eigenvalue weighted by molar-refractivity contribution is 5.84. The maximum Gasteiger partial charge on any atom is 0.326 e. The summed E-state index contributed by atoms with van der Waals surface area (Å²) in [4.78, 5) is 23.3. The molecule has 0 radical (unpaired) electrons. The number of rotatable bonds is 8. The summed E-state index contributed by atoms with van der Waals surface area (Å²) in [5, 5.41) is 11.8. The van der Waals surface area contributed by atoms with Crippen molar-refractivity contribution in [2.75, 3.05) is 0 Å². The van der Waals surface area contributed by atoms with Crippen LogP contribution in [-0.4, -0.2) is 23.0 Å². The molecule has 0 heterocycles. The average molecular weight is 287 g/mol. The number of aliphatic carboxylic acids is 1. The largest absolute Gasteiger partial charge is 0.480 e. The number of allylic oxidation sites excluding steroid dienone is 1. The van der Waals surface area contributed by atoms with Crippen molar-refractivity contribution < 1.29 is 14.7 Å². The molecule has 1 aliphatic rings. The molecule has 0 aliphatic heterocycles. The van der Waals surface area contributed by atoms with Gasteiger partial charge in [-0.25, -0.2) is 4.79 Å². The van der Waals surface area contributed by atoms with E-state index in [9.17, 15) is 14.7 Å². The molecule has 1 aliphatic carbocycles. The third kappa shape index (κ3) is 4.74. The normalized spacial score (nSPS) is 16.8. The van der Waals surface area contributed by atoms with E-state index in [1.54, 1.807) is 6.08 Å². The molecular formula is C17H21NO3. The van der Waals surface area contributed by atoms with Gasteiger partial charge in [0.05, 0.1) is 0 Å². The molecule has 2 atom stereocenters. The molecule has 1 amide bonds. The molecular weight excluding hydrogens is 266 g/mol. The molecule has 21 heavy (non-hydrogen) atoms. The lowest BCUT2D eigenvalue weighted by Crippen LogP contribution is -2.41. The van der Waals surface area contributed by atoms with Crippen molar-refractivity contribution in [3.63, 3.8) is 0 Å². The van der Waals surface area contributed by atoms with Crippen LogP contribution in [-0.2, 0) is 9.59 Å². The van der Waals surface area contributed by atoms with Crippen LogP contribution < -0.4 is 5.32 Å². The maximum absolute atomic E-state index is 12.1. The van der Waals surface area contributed by atoms with E-state index in [4.69, 9.17) is 0 Å². The molecule has 2 unspecified atom stereocenters. The zero-order chi connectivity index (χ0) is 15.2. The van der Waals surface area contributed by atoms with E-state index in [1.165, 1.54) is 0 Å². The Kier molecular flexibility index (Phi) is 5.14. The smallest absolute Gasteiger partial charge is 0.326 e. The molecule has 1 fully saturated rings. The van der Waals surface area contributed by atoms with Gasteiger partial charge >= 0.3 is 5.97 Å². The van der Waals surface area contributed by atoms with Crippen LogP contribution in [0.25, 0.3) is 0 Å². The summed E-state index contributed by atoms with van der Waals surface area (Å²) in [5.74, 6) is -0.834. The minimum atomic E-state index is -0.954. The van der Waals surface area contributed by atoms with E-state index in [0.29, 0.717) is 12.3 Å². The lowest BCUT2D eigenvalue weighted by molar-refractivity contribution is -0.142. The second-order valence-corrected chi connectivity index (χ2v) is 5.59. The van der Waals surface area contributed by atoms with Crippen LogP contribution in [0.15, 0.2) is 43.0 Å². The summed E-state index contributed by atoms with van der Waals surface area (Å²) in [6, 6.07) is 8.86. The SMILES string of the molecule is C=CC(CC(=O)NC(CC1CC1)C(=O)O)c1ccccc1. The van der Waals surface area contributed by atoms with Crippen LogP contribution >= 0.6 is 0 Å². The van der Waals surface area contributed by atoms with Gasteiger partial charge in [0.15, 0.2) is 0 Å². The highest BCUT2D eigenvalue weighted by atomic mass is 16.4. The van der Waals surface area contributed by atoms with Crippen molar-refractivity contribution in [3.05, 3.63) is 48.6 Å². The first-order chi connectivity index (χ1) is 10.1. The first kappa shape index (κ1) is 15.3. The molecule has 1 saturated carbocycles. The van der Waals surface area contributed by atoms with E-state index in [1.807, 2.05) is 30.3 Å². The predicted octanol–water partition coefficient (Wildman–Crippen LogP) is 2.72. The summed E-state index contributed by atoms with van der Waals surface area (Å²) in [6.07, 6.45) is 4.62. The van der Waals surface area contributed by atoms with Gasteiger partial charge in [0.2, 0.25) is 5.91 Å². The van der Waals surface area contributed by atoms with Crippen molar-refractivity contribution in [1.82, 2.24) is 5.32 Å². The second kappa shape index (κ2) is 7.07. The Morgan fingerprint density at radius 3 is 2.52 bits per heavy atom. The minimum Gasteiger partial charge on any atom is -0.480 e. The monoisotopic (exact) mass is 287 g/mol. The predicted molar refractivity (Wildman–Crippen MR) is 80.9 cm³/mol. The topological polar surface area (TPSA) is 66.4 Å². The Labute approximate surface area is 124 Å². The fourth-order valence-electron chi connectivity index (χ4n) is 2.40. The summed E-state index contributed by atoms with van der Waals surface area (Å²) < 4.78 is 0. The molecule has 4 nitrogen and oxygen atoms in total. The van der Waals surface area contributed by atoms with Crippen LogP contribution in [0.5, 0.6) is 0 Å². The van der Waals surface area contributed by atoms with Crippen LogP contribution in [0.2, 0.25) is 0 Å². The lowest BCUT2D eigenvalue weighted by atomic mass is 9.95. The van der Waals surface area contributed by atoms with Crippen LogP contribution in [0.3, 0.4) is 0 Å². The third-order valence-electron chi connectivity index (χ3n) is 3.82. The van der Waals surface area contributed by atoms with Gasteiger partial charge in [0, 0.05) is 12.3 Å². The van der Waals surface area contributed by atoms with E-state index in [0.717, 1.165) is 18.4 Å². The highest BCUT2D eigenvalue weighted by Crippen LogP contribution is 2.33. The number of nitrogens with one attached hydrogen (secondary N) is 1. The van der Waals surface area contributed by atoms with E-state index in [2.05, 4.69) is 11.9 Å². The quantitative estimate of drug-likeness (QED) is 0.722. The minimum absolute atomic E-state index is 0.0958. The molecule has 2 rings (SSSR count). The number of carboxylic acid groups (broad SMARTS) is 1. The summed E-state index contributed by atoms with van der Waals surface area (Å²) in [5.41, 5.74) is 1.01. The van der Waals surface area contributed by atoms with Crippen LogP contribution in [0.4, 0.5) is 0 Å². The number of hydrogen-bond donors (Lipinski definition) is 2. The zero-order valence-corrected chi connectivity index (χ0v) is 12.0. The van der Waals surface area contributed by atoms with E-state index >= 15 is 0 Å². The number of carbonyl (C=O) groups excluding carboxylic acids is 1. The molecule has 4 heteroatoms. The van der Waals surface area contributed by atoms with Gasteiger partial charge in [-0.2, -0.15) is 0 Å². The van der Waals surface area contributed by atoms with Gasteiger partial charge in [-0.3, -0.25) is 4.79 Å². The maximum atomic E-state index is 12.1. The Morgan fingerprint density at radius 2 is 2.00 bits per heavy atom. The van der Waals surface area contributed by atoms with E-state index in [-0.39, 0.29) is 18.2 Å². The second-order valence-electron chi connectivity index (χ2n) is 5.59. The van der Waals surface area contributed by atoms with Crippen molar-refractivity contribution >= 4 is 11.9 Å².